The number of hydrogen-bond donors (Lipinski definition) is 1. The maximum absolute atomic E-state index is 11.9. The van der Waals surface area contributed by atoms with Crippen LogP contribution in [0.5, 0.6) is 0 Å². The Morgan fingerprint density at radius 3 is 2.71 bits per heavy atom. The van der Waals surface area contributed by atoms with E-state index in [9.17, 15) is 13.2 Å². The quantitative estimate of drug-likeness (QED) is 0.804. The van der Waals surface area contributed by atoms with Crippen molar-refractivity contribution in [3.8, 4) is 6.07 Å². The van der Waals surface area contributed by atoms with Crippen molar-refractivity contribution >= 4 is 15.7 Å². The molecular formula is C11H18N2O3S. The fourth-order valence-corrected chi connectivity index (χ4v) is 3.41. The summed E-state index contributed by atoms with van der Waals surface area (Å²) in [6, 6.07) is 1.63. The van der Waals surface area contributed by atoms with Crippen LogP contribution in [0.3, 0.4) is 0 Å². The molecule has 1 fully saturated rings. The van der Waals surface area contributed by atoms with Gasteiger partial charge in [-0.05, 0) is 26.2 Å². The number of carbonyl (C=O) groups excluding carboxylic acids is 1. The van der Waals surface area contributed by atoms with E-state index >= 15 is 0 Å². The van der Waals surface area contributed by atoms with Crippen LogP contribution in [0.2, 0.25) is 0 Å². The Morgan fingerprint density at radius 2 is 2.24 bits per heavy atom. The van der Waals surface area contributed by atoms with Crippen LogP contribution in [0.15, 0.2) is 0 Å². The van der Waals surface area contributed by atoms with E-state index in [-0.39, 0.29) is 23.5 Å². The molecule has 0 aromatic heterocycles. The van der Waals surface area contributed by atoms with E-state index in [0.717, 1.165) is 0 Å². The van der Waals surface area contributed by atoms with E-state index < -0.39 is 15.3 Å². The lowest BCUT2D eigenvalue weighted by molar-refractivity contribution is -0.128. The van der Waals surface area contributed by atoms with Crippen LogP contribution in [-0.4, -0.2) is 31.9 Å². The highest BCUT2D eigenvalue weighted by molar-refractivity contribution is 7.91. The van der Waals surface area contributed by atoms with Crippen molar-refractivity contribution in [3.63, 3.8) is 0 Å². The van der Waals surface area contributed by atoms with Crippen LogP contribution < -0.4 is 5.32 Å². The van der Waals surface area contributed by atoms with Gasteiger partial charge in [0, 0.05) is 6.04 Å². The molecule has 1 saturated heterocycles. The van der Waals surface area contributed by atoms with E-state index in [1.165, 1.54) is 0 Å². The minimum Gasteiger partial charge on any atom is -0.351 e. The maximum Gasteiger partial charge on any atom is 0.240 e. The van der Waals surface area contributed by atoms with Gasteiger partial charge in [0.15, 0.2) is 9.84 Å². The minimum absolute atomic E-state index is 0.00996. The van der Waals surface area contributed by atoms with Gasteiger partial charge >= 0.3 is 0 Å². The van der Waals surface area contributed by atoms with E-state index in [1.807, 2.05) is 6.07 Å². The first-order valence-corrected chi connectivity index (χ1v) is 7.58. The zero-order valence-electron chi connectivity index (χ0n) is 10.2. The molecule has 96 valence electrons. The fraction of sp³-hybridized carbons (Fsp3) is 0.818. The smallest absolute Gasteiger partial charge is 0.240 e. The van der Waals surface area contributed by atoms with Gasteiger partial charge in [0.05, 0.1) is 17.6 Å². The minimum atomic E-state index is -3.03. The Hall–Kier alpha value is -1.09. The standard InChI is InChI=1S/C11H18N2O3S/c1-3-11(2,8-12)10(14)13-9-5-4-6-17(15,16)7-9/h9H,3-7H2,1-2H3,(H,13,14). The fourth-order valence-electron chi connectivity index (χ4n) is 1.77. The van der Waals surface area contributed by atoms with Crippen LogP contribution in [0.4, 0.5) is 0 Å². The number of carbonyl (C=O) groups is 1. The first-order chi connectivity index (χ1) is 7.83. The molecule has 17 heavy (non-hydrogen) atoms. The second-order valence-electron chi connectivity index (χ2n) is 4.72. The SMILES string of the molecule is CCC(C)(C#N)C(=O)NC1CCCS(=O)(=O)C1. The monoisotopic (exact) mass is 258 g/mol. The number of rotatable bonds is 3. The first kappa shape index (κ1) is 14.0. The number of sulfone groups is 1. The summed E-state index contributed by atoms with van der Waals surface area (Å²) in [6.45, 7) is 3.33. The molecule has 1 heterocycles. The lowest BCUT2D eigenvalue weighted by atomic mass is 9.88. The molecule has 1 N–H and O–H groups in total. The summed E-state index contributed by atoms with van der Waals surface area (Å²) in [7, 11) is -3.03. The van der Waals surface area contributed by atoms with E-state index in [4.69, 9.17) is 5.26 Å². The van der Waals surface area contributed by atoms with Crippen LogP contribution >= 0.6 is 0 Å². The van der Waals surface area contributed by atoms with Gasteiger partial charge in [-0.1, -0.05) is 6.92 Å². The molecule has 2 atom stereocenters. The third kappa shape index (κ3) is 3.43. The van der Waals surface area contributed by atoms with Crippen molar-refractivity contribution in [2.75, 3.05) is 11.5 Å². The van der Waals surface area contributed by atoms with Gasteiger partial charge < -0.3 is 5.32 Å². The molecule has 1 aliphatic heterocycles. The number of nitrogens with zero attached hydrogens (tertiary/aromatic N) is 1. The van der Waals surface area contributed by atoms with Gasteiger partial charge in [-0.3, -0.25) is 4.79 Å². The molecule has 0 radical (unpaired) electrons. The zero-order valence-corrected chi connectivity index (χ0v) is 11.0. The lowest BCUT2D eigenvalue weighted by Crippen LogP contribution is -2.48. The predicted molar refractivity (Wildman–Crippen MR) is 63.8 cm³/mol. The topological polar surface area (TPSA) is 87.0 Å². The lowest BCUT2D eigenvalue weighted by Gasteiger charge is -2.26. The first-order valence-electron chi connectivity index (χ1n) is 5.75. The molecule has 6 heteroatoms. The average Bonchev–Trinajstić information content (AvgIpc) is 2.26. The van der Waals surface area contributed by atoms with E-state index in [2.05, 4.69) is 5.32 Å². The van der Waals surface area contributed by atoms with E-state index in [0.29, 0.717) is 19.3 Å². The Balaban J connectivity index is 2.67. The molecule has 1 amide bonds. The van der Waals surface area contributed by atoms with Crippen molar-refractivity contribution in [2.45, 2.75) is 39.2 Å². The molecule has 0 aliphatic carbocycles. The Morgan fingerprint density at radius 1 is 1.59 bits per heavy atom. The van der Waals surface area contributed by atoms with Crippen LogP contribution in [0.25, 0.3) is 0 Å². The summed E-state index contributed by atoms with van der Waals surface area (Å²) in [6.07, 6.45) is 1.65. The molecule has 5 nitrogen and oxygen atoms in total. The molecule has 2 unspecified atom stereocenters. The molecule has 1 rings (SSSR count). The van der Waals surface area contributed by atoms with E-state index in [1.54, 1.807) is 13.8 Å². The van der Waals surface area contributed by atoms with Gasteiger partial charge in [-0.15, -0.1) is 0 Å². The van der Waals surface area contributed by atoms with Crippen molar-refractivity contribution in [3.05, 3.63) is 0 Å². The van der Waals surface area contributed by atoms with Crippen molar-refractivity contribution in [1.82, 2.24) is 5.32 Å². The van der Waals surface area contributed by atoms with Crippen LogP contribution in [0, 0.1) is 16.7 Å². The number of nitriles is 1. The highest BCUT2D eigenvalue weighted by Crippen LogP contribution is 2.21. The molecule has 0 saturated carbocycles. The largest absolute Gasteiger partial charge is 0.351 e. The maximum atomic E-state index is 11.9. The Labute approximate surface area is 102 Å². The van der Waals surface area contributed by atoms with Crippen LogP contribution in [-0.2, 0) is 14.6 Å². The van der Waals surface area contributed by atoms with Crippen LogP contribution in [0.1, 0.15) is 33.1 Å². The van der Waals surface area contributed by atoms with Crippen molar-refractivity contribution in [1.29, 1.82) is 5.26 Å². The highest BCUT2D eigenvalue weighted by Gasteiger charge is 2.34. The molecular weight excluding hydrogens is 240 g/mol. The Kier molecular flexibility index (Phi) is 4.15. The second kappa shape index (κ2) is 5.05. The van der Waals surface area contributed by atoms with Gasteiger partial charge in [0.25, 0.3) is 0 Å². The van der Waals surface area contributed by atoms with Gasteiger partial charge in [0.2, 0.25) is 5.91 Å². The molecule has 0 aromatic rings. The summed E-state index contributed by atoms with van der Waals surface area (Å²) in [4.78, 5) is 11.9. The number of amides is 1. The molecule has 1 aliphatic rings. The summed E-state index contributed by atoms with van der Waals surface area (Å²) in [5.74, 6) is -0.184. The normalized spacial score (nSPS) is 26.5. The third-order valence-corrected chi connectivity index (χ3v) is 5.07. The third-order valence-electron chi connectivity index (χ3n) is 3.25. The molecule has 0 aromatic carbocycles. The Bertz CT molecular complexity index is 438. The summed E-state index contributed by atoms with van der Waals surface area (Å²) < 4.78 is 22.8. The average molecular weight is 258 g/mol. The van der Waals surface area contributed by atoms with Crippen molar-refractivity contribution < 1.29 is 13.2 Å². The van der Waals surface area contributed by atoms with Crippen molar-refractivity contribution in [2.24, 2.45) is 5.41 Å². The zero-order chi connectivity index (χ0) is 13.1. The molecule has 0 spiro atoms. The highest BCUT2D eigenvalue weighted by atomic mass is 32.2. The molecule has 0 bridgehead atoms. The predicted octanol–water partition coefficient (Wildman–Crippen LogP) is 0.620. The number of hydrogen-bond acceptors (Lipinski definition) is 4. The summed E-state index contributed by atoms with van der Waals surface area (Å²) >= 11 is 0. The number of nitrogens with one attached hydrogen (secondary N) is 1. The summed E-state index contributed by atoms with van der Waals surface area (Å²) in [5, 5.41) is 11.6. The second-order valence-corrected chi connectivity index (χ2v) is 6.95. The summed E-state index contributed by atoms with van der Waals surface area (Å²) in [5.41, 5.74) is -1.07. The van der Waals surface area contributed by atoms with Gasteiger partial charge in [0.1, 0.15) is 5.41 Å². The van der Waals surface area contributed by atoms with Gasteiger partial charge in [-0.25, -0.2) is 8.42 Å². The van der Waals surface area contributed by atoms with Gasteiger partial charge in [-0.2, -0.15) is 5.26 Å².